The number of hydrogen-bond acceptors (Lipinski definition) is 7. The first-order chi connectivity index (χ1) is 17.5. The molecule has 1 amide bonds. The van der Waals surface area contributed by atoms with Crippen LogP contribution in [0.25, 0.3) is 0 Å². The van der Waals surface area contributed by atoms with Crippen molar-refractivity contribution in [2.75, 3.05) is 44.8 Å². The van der Waals surface area contributed by atoms with E-state index in [1.807, 2.05) is 0 Å². The van der Waals surface area contributed by atoms with Crippen molar-refractivity contribution in [1.29, 1.82) is 0 Å². The van der Waals surface area contributed by atoms with Crippen molar-refractivity contribution in [3.05, 3.63) is 41.3 Å². The quantitative estimate of drug-likeness (QED) is 0.521. The van der Waals surface area contributed by atoms with Crippen molar-refractivity contribution < 1.29 is 40.6 Å². The lowest BCUT2D eigenvalue weighted by Crippen LogP contribution is -2.50. The Morgan fingerprint density at radius 1 is 0.973 bits per heavy atom. The third-order valence-electron chi connectivity index (χ3n) is 6.55. The fourth-order valence-electron chi connectivity index (χ4n) is 4.60. The number of aromatic nitrogens is 3. The van der Waals surface area contributed by atoms with Gasteiger partial charge in [-0.1, -0.05) is 6.42 Å². The number of alkyl halides is 6. The Labute approximate surface area is 208 Å². The maximum atomic E-state index is 13.4. The molecule has 2 unspecified atom stereocenters. The Morgan fingerprint density at radius 3 is 2.24 bits per heavy atom. The summed E-state index contributed by atoms with van der Waals surface area (Å²) in [5.74, 6) is -0.956. The third kappa shape index (κ3) is 6.22. The number of carbonyl (C=O) groups is 1. The van der Waals surface area contributed by atoms with E-state index < -0.39 is 35.5 Å². The standard InChI is InChI=1S/C23H25F6N5O3/c1-36-20-17(23(27,28)29)9-14(10-30-20)16-3-2-4-18(16)37-13-19(35)33-5-7-34(8-6-33)21-31-11-15(12-32-21)22(24,25)26/h9-12,16,18H,2-8,13H2,1H3. The summed E-state index contributed by atoms with van der Waals surface area (Å²) in [6, 6.07) is 1.03. The summed E-state index contributed by atoms with van der Waals surface area (Å²) >= 11 is 0. The molecule has 0 bridgehead atoms. The number of hydrogen-bond donors (Lipinski definition) is 0. The lowest BCUT2D eigenvalue weighted by molar-refractivity contribution is -0.139. The predicted molar refractivity (Wildman–Crippen MR) is 118 cm³/mol. The maximum Gasteiger partial charge on any atom is 0.421 e. The van der Waals surface area contributed by atoms with Crippen LogP contribution < -0.4 is 9.64 Å². The van der Waals surface area contributed by atoms with Gasteiger partial charge in [-0.05, 0) is 24.5 Å². The van der Waals surface area contributed by atoms with Crippen molar-refractivity contribution in [3.8, 4) is 5.88 Å². The Balaban J connectivity index is 1.31. The lowest BCUT2D eigenvalue weighted by atomic mass is 9.96. The molecule has 37 heavy (non-hydrogen) atoms. The first kappa shape index (κ1) is 26.9. The van der Waals surface area contributed by atoms with Crippen LogP contribution in [-0.2, 0) is 21.9 Å². The molecular formula is C23H25F6N5O3. The van der Waals surface area contributed by atoms with Crippen LogP contribution in [-0.4, -0.2) is 71.8 Å². The molecule has 2 fully saturated rings. The highest BCUT2D eigenvalue weighted by molar-refractivity contribution is 5.77. The molecule has 14 heteroatoms. The summed E-state index contributed by atoms with van der Waals surface area (Å²) in [4.78, 5) is 27.3. The molecule has 1 aliphatic heterocycles. The molecule has 1 saturated heterocycles. The van der Waals surface area contributed by atoms with Gasteiger partial charge in [0.1, 0.15) is 12.2 Å². The van der Waals surface area contributed by atoms with Crippen LogP contribution in [0.1, 0.15) is 41.9 Å². The van der Waals surface area contributed by atoms with Gasteiger partial charge in [0.2, 0.25) is 17.7 Å². The van der Waals surface area contributed by atoms with Crippen molar-refractivity contribution in [2.45, 2.75) is 43.6 Å². The SMILES string of the molecule is COc1ncc(C2CCCC2OCC(=O)N2CCN(c3ncc(C(F)(F)F)cn3)CC2)cc1C(F)(F)F. The number of amides is 1. The fourth-order valence-corrected chi connectivity index (χ4v) is 4.60. The molecule has 0 N–H and O–H groups in total. The van der Waals surface area contributed by atoms with E-state index in [-0.39, 0.29) is 24.4 Å². The Morgan fingerprint density at radius 2 is 1.65 bits per heavy atom. The second-order valence-corrected chi connectivity index (χ2v) is 8.85. The zero-order chi connectivity index (χ0) is 26.8. The highest BCUT2D eigenvalue weighted by Gasteiger charge is 2.38. The monoisotopic (exact) mass is 533 g/mol. The molecule has 2 aromatic heterocycles. The van der Waals surface area contributed by atoms with Gasteiger partial charge >= 0.3 is 12.4 Å². The number of anilines is 1. The van der Waals surface area contributed by atoms with Gasteiger partial charge in [0.15, 0.2) is 0 Å². The van der Waals surface area contributed by atoms with Crippen molar-refractivity contribution >= 4 is 11.9 Å². The molecule has 2 aliphatic rings. The molecule has 8 nitrogen and oxygen atoms in total. The number of methoxy groups -OCH3 is 1. The highest BCUT2D eigenvalue weighted by atomic mass is 19.4. The van der Waals surface area contributed by atoms with Crippen molar-refractivity contribution in [2.24, 2.45) is 0 Å². The van der Waals surface area contributed by atoms with Crippen LogP contribution in [0, 0.1) is 0 Å². The molecular weight excluding hydrogens is 508 g/mol. The van der Waals surface area contributed by atoms with Crippen LogP contribution in [0.3, 0.4) is 0 Å². The van der Waals surface area contributed by atoms with Gasteiger partial charge in [0, 0.05) is 50.7 Å². The maximum absolute atomic E-state index is 13.4. The number of rotatable bonds is 6. The van der Waals surface area contributed by atoms with E-state index in [1.54, 1.807) is 9.80 Å². The topological polar surface area (TPSA) is 80.7 Å². The second-order valence-electron chi connectivity index (χ2n) is 8.85. The number of pyridine rings is 1. The van der Waals surface area contributed by atoms with Crippen molar-refractivity contribution in [3.63, 3.8) is 0 Å². The van der Waals surface area contributed by atoms with Crippen LogP contribution in [0.2, 0.25) is 0 Å². The zero-order valence-corrected chi connectivity index (χ0v) is 19.8. The Kier molecular flexibility index (Phi) is 7.76. The highest BCUT2D eigenvalue weighted by Crippen LogP contribution is 2.41. The number of piperazine rings is 1. The number of carbonyl (C=O) groups excluding carboxylic acids is 1. The molecule has 0 radical (unpaired) electrons. The van der Waals surface area contributed by atoms with Gasteiger partial charge in [-0.25, -0.2) is 15.0 Å². The summed E-state index contributed by atoms with van der Waals surface area (Å²) < 4.78 is 88.9. The average molecular weight is 533 g/mol. The van der Waals surface area contributed by atoms with Crippen LogP contribution >= 0.6 is 0 Å². The smallest absolute Gasteiger partial charge is 0.421 e. The zero-order valence-electron chi connectivity index (χ0n) is 19.8. The molecule has 4 rings (SSSR count). The molecule has 0 aromatic carbocycles. The molecule has 1 aliphatic carbocycles. The second kappa shape index (κ2) is 10.7. The predicted octanol–water partition coefficient (Wildman–Crippen LogP) is 3.92. The number of ether oxygens (including phenoxy) is 2. The average Bonchev–Trinajstić information content (AvgIpc) is 3.34. The van der Waals surface area contributed by atoms with E-state index in [4.69, 9.17) is 9.47 Å². The van der Waals surface area contributed by atoms with E-state index in [1.165, 1.54) is 6.20 Å². The molecule has 1 saturated carbocycles. The van der Waals surface area contributed by atoms with E-state index in [2.05, 4.69) is 15.0 Å². The summed E-state index contributed by atoms with van der Waals surface area (Å²) in [5, 5.41) is 0. The van der Waals surface area contributed by atoms with Crippen LogP contribution in [0.15, 0.2) is 24.7 Å². The van der Waals surface area contributed by atoms with E-state index >= 15 is 0 Å². The molecule has 3 heterocycles. The summed E-state index contributed by atoms with van der Waals surface area (Å²) in [6.07, 6.45) is -4.82. The van der Waals surface area contributed by atoms with Gasteiger partial charge in [-0.2, -0.15) is 26.3 Å². The lowest BCUT2D eigenvalue weighted by Gasteiger charge is -2.35. The largest absolute Gasteiger partial charge is 0.481 e. The van der Waals surface area contributed by atoms with Gasteiger partial charge in [0.05, 0.1) is 18.8 Å². The molecule has 202 valence electrons. The summed E-state index contributed by atoms with van der Waals surface area (Å²) in [5.41, 5.74) is -1.51. The van der Waals surface area contributed by atoms with Crippen molar-refractivity contribution in [1.82, 2.24) is 19.9 Å². The van der Waals surface area contributed by atoms with Gasteiger partial charge < -0.3 is 19.3 Å². The van der Waals surface area contributed by atoms with Crippen LogP contribution in [0.4, 0.5) is 32.3 Å². The molecule has 0 spiro atoms. The summed E-state index contributed by atoms with van der Waals surface area (Å²) in [6.45, 7) is 1.05. The normalized spacial score (nSPS) is 20.8. The third-order valence-corrected chi connectivity index (χ3v) is 6.55. The fraction of sp³-hybridized carbons (Fsp3) is 0.565. The minimum Gasteiger partial charge on any atom is -0.481 e. The van der Waals surface area contributed by atoms with E-state index in [0.717, 1.165) is 32.0 Å². The van der Waals surface area contributed by atoms with E-state index in [0.29, 0.717) is 44.6 Å². The summed E-state index contributed by atoms with van der Waals surface area (Å²) in [7, 11) is 1.13. The van der Waals surface area contributed by atoms with E-state index in [9.17, 15) is 31.1 Å². The van der Waals surface area contributed by atoms with Gasteiger partial charge in [0.25, 0.3) is 0 Å². The first-order valence-corrected chi connectivity index (χ1v) is 11.6. The minimum absolute atomic E-state index is 0.150. The minimum atomic E-state index is -4.62. The van der Waals surface area contributed by atoms with Gasteiger partial charge in [-0.15, -0.1) is 0 Å². The van der Waals surface area contributed by atoms with Gasteiger partial charge in [-0.3, -0.25) is 4.79 Å². The molecule has 2 atom stereocenters. The van der Waals surface area contributed by atoms with Crippen LogP contribution in [0.5, 0.6) is 5.88 Å². The first-order valence-electron chi connectivity index (χ1n) is 11.6. The Bertz CT molecular complexity index is 1090. The molecule has 2 aromatic rings. The number of halogens is 6. The number of nitrogens with zero attached hydrogens (tertiary/aromatic N) is 5. The Hall–Kier alpha value is -3.16.